The molecule has 4 rings (SSSR count). The summed E-state index contributed by atoms with van der Waals surface area (Å²) in [7, 11) is -3.63. The number of hydrogen-bond acceptors (Lipinski definition) is 6. The number of rotatable bonds is 8. The maximum absolute atomic E-state index is 13.1. The molecule has 3 heterocycles. The number of ether oxygens (including phenoxy) is 1. The minimum absolute atomic E-state index is 0.148. The van der Waals surface area contributed by atoms with Crippen molar-refractivity contribution in [2.75, 3.05) is 19.7 Å². The molecule has 1 aliphatic rings. The van der Waals surface area contributed by atoms with Crippen LogP contribution in [0.1, 0.15) is 57.2 Å². The molecule has 2 aromatic heterocycles. The number of benzene rings is 1. The Hall–Kier alpha value is -2.75. The molecule has 9 heteroatoms. The Kier molecular flexibility index (Phi) is 7.82. The first-order valence-electron chi connectivity index (χ1n) is 12.1. The summed E-state index contributed by atoms with van der Waals surface area (Å²) in [5, 5.41) is 2.02. The van der Waals surface area contributed by atoms with Crippen LogP contribution in [-0.4, -0.2) is 48.7 Å². The van der Waals surface area contributed by atoms with E-state index in [0.29, 0.717) is 37.0 Å². The van der Waals surface area contributed by atoms with Gasteiger partial charge in [0.15, 0.2) is 6.61 Å². The molecule has 192 valence electrons. The third-order valence-corrected chi connectivity index (χ3v) is 9.37. The number of ketones is 1. The largest absolute Gasteiger partial charge is 0.454 e. The van der Waals surface area contributed by atoms with E-state index >= 15 is 0 Å². The summed E-state index contributed by atoms with van der Waals surface area (Å²) in [5.41, 5.74) is 2.52. The van der Waals surface area contributed by atoms with Crippen LogP contribution in [0.2, 0.25) is 0 Å². The van der Waals surface area contributed by atoms with E-state index in [1.807, 2.05) is 31.4 Å². The molecule has 0 unspecified atom stereocenters. The molecule has 1 aromatic carbocycles. The maximum Gasteiger partial charge on any atom is 0.338 e. The number of thiophene rings is 1. The van der Waals surface area contributed by atoms with Gasteiger partial charge in [0.2, 0.25) is 15.8 Å². The summed E-state index contributed by atoms with van der Waals surface area (Å²) in [4.78, 5) is 26.7. The summed E-state index contributed by atoms with van der Waals surface area (Å²) in [6.07, 6.45) is 1.01. The van der Waals surface area contributed by atoms with Gasteiger partial charge >= 0.3 is 5.97 Å². The molecule has 1 fully saturated rings. The molecule has 1 saturated heterocycles. The second kappa shape index (κ2) is 10.7. The third-order valence-electron chi connectivity index (χ3n) is 6.67. The Morgan fingerprint density at radius 2 is 1.72 bits per heavy atom. The van der Waals surface area contributed by atoms with Crippen LogP contribution in [0, 0.1) is 25.7 Å². The van der Waals surface area contributed by atoms with E-state index in [9.17, 15) is 18.0 Å². The highest BCUT2D eigenvalue weighted by Gasteiger charge is 2.31. The standard InChI is InChI=1S/C27H32N2O5S2/c1-18-12-19(2)15-28(14-18)36(32,33)24-9-7-22(8-10-24)27(31)34-17-26(30)25-13-20(3)29(21(25)4)16-23-6-5-11-35-23/h5-11,13,18-19H,12,14-17H2,1-4H3/t18-,19+. The lowest BCUT2D eigenvalue weighted by Gasteiger charge is -2.34. The van der Waals surface area contributed by atoms with Gasteiger partial charge in [-0.1, -0.05) is 19.9 Å². The first-order chi connectivity index (χ1) is 17.1. The van der Waals surface area contributed by atoms with Gasteiger partial charge in [0.05, 0.1) is 17.0 Å². The van der Waals surface area contributed by atoms with E-state index in [1.165, 1.54) is 33.4 Å². The molecular formula is C27H32N2O5S2. The number of carbonyl (C=O) groups excluding carboxylic acids is 2. The van der Waals surface area contributed by atoms with Gasteiger partial charge in [-0.25, -0.2) is 13.2 Å². The van der Waals surface area contributed by atoms with Crippen LogP contribution >= 0.6 is 11.3 Å². The van der Waals surface area contributed by atoms with E-state index in [1.54, 1.807) is 11.3 Å². The lowest BCUT2D eigenvalue weighted by atomic mass is 9.94. The molecule has 0 aliphatic carbocycles. The van der Waals surface area contributed by atoms with Crippen LogP contribution in [0.4, 0.5) is 0 Å². The lowest BCUT2D eigenvalue weighted by Crippen LogP contribution is -2.42. The fraction of sp³-hybridized carbons (Fsp3) is 0.407. The number of carbonyl (C=O) groups is 2. The molecule has 2 atom stereocenters. The summed E-state index contributed by atoms with van der Waals surface area (Å²) < 4.78 is 35.0. The van der Waals surface area contributed by atoms with Crippen molar-refractivity contribution in [3.63, 3.8) is 0 Å². The van der Waals surface area contributed by atoms with Crippen molar-refractivity contribution >= 4 is 33.1 Å². The average Bonchev–Trinajstić information content (AvgIpc) is 3.45. The number of Topliss-reactive ketones (excluding diaryl/α,β-unsaturated/α-hetero) is 1. The summed E-state index contributed by atoms with van der Waals surface area (Å²) in [6, 6.07) is 11.6. The molecular weight excluding hydrogens is 496 g/mol. The molecule has 1 aliphatic heterocycles. The van der Waals surface area contributed by atoms with E-state index in [2.05, 4.69) is 24.5 Å². The number of hydrogen-bond donors (Lipinski definition) is 0. The second-order valence-corrected chi connectivity index (χ2v) is 12.7. The zero-order valence-electron chi connectivity index (χ0n) is 21.1. The molecule has 0 saturated carbocycles. The van der Waals surface area contributed by atoms with Gasteiger partial charge in [0.1, 0.15) is 0 Å². The minimum Gasteiger partial charge on any atom is -0.454 e. The monoisotopic (exact) mass is 528 g/mol. The fourth-order valence-corrected chi connectivity index (χ4v) is 7.26. The predicted molar refractivity (Wildman–Crippen MR) is 140 cm³/mol. The number of esters is 1. The third kappa shape index (κ3) is 5.63. The van der Waals surface area contributed by atoms with Gasteiger partial charge in [0, 0.05) is 34.9 Å². The van der Waals surface area contributed by atoms with E-state index in [4.69, 9.17) is 4.74 Å². The van der Waals surface area contributed by atoms with Crippen LogP contribution in [0.3, 0.4) is 0 Å². The van der Waals surface area contributed by atoms with Crippen molar-refractivity contribution in [2.45, 2.75) is 45.6 Å². The first-order valence-corrected chi connectivity index (χ1v) is 14.4. The molecule has 0 radical (unpaired) electrons. The summed E-state index contributed by atoms with van der Waals surface area (Å²) in [5.74, 6) is -0.341. The van der Waals surface area contributed by atoms with E-state index < -0.39 is 16.0 Å². The highest BCUT2D eigenvalue weighted by atomic mass is 32.2. The number of sulfonamides is 1. The first kappa shape index (κ1) is 26.3. The van der Waals surface area contributed by atoms with Crippen molar-refractivity contribution < 1.29 is 22.7 Å². The zero-order valence-corrected chi connectivity index (χ0v) is 22.7. The molecule has 0 spiro atoms. The quantitative estimate of drug-likeness (QED) is 0.306. The Balaban J connectivity index is 1.39. The molecule has 0 bridgehead atoms. The van der Waals surface area contributed by atoms with Crippen molar-refractivity contribution in [1.29, 1.82) is 0 Å². The zero-order chi connectivity index (χ0) is 26.0. The Labute approximate surface area is 216 Å². The van der Waals surface area contributed by atoms with Crippen molar-refractivity contribution in [3.8, 4) is 0 Å². The number of piperidine rings is 1. The minimum atomic E-state index is -3.63. The van der Waals surface area contributed by atoms with E-state index in [-0.39, 0.29) is 22.8 Å². The Morgan fingerprint density at radius 3 is 2.33 bits per heavy atom. The smallest absolute Gasteiger partial charge is 0.338 e. The van der Waals surface area contributed by atoms with Crippen molar-refractivity contribution in [1.82, 2.24) is 8.87 Å². The van der Waals surface area contributed by atoms with Gasteiger partial charge in [-0.15, -0.1) is 11.3 Å². The second-order valence-electron chi connectivity index (χ2n) is 9.74. The van der Waals surface area contributed by atoms with Gasteiger partial charge in [-0.3, -0.25) is 4.79 Å². The van der Waals surface area contributed by atoms with Gasteiger partial charge in [-0.05, 0) is 73.9 Å². The van der Waals surface area contributed by atoms with Gasteiger partial charge < -0.3 is 9.30 Å². The number of nitrogens with zero attached hydrogens (tertiary/aromatic N) is 2. The van der Waals surface area contributed by atoms with Gasteiger partial charge in [0.25, 0.3) is 0 Å². The van der Waals surface area contributed by atoms with Crippen LogP contribution in [0.25, 0.3) is 0 Å². The molecule has 0 N–H and O–H groups in total. The summed E-state index contributed by atoms with van der Waals surface area (Å²) >= 11 is 1.66. The topological polar surface area (TPSA) is 85.7 Å². The van der Waals surface area contributed by atoms with Crippen molar-refractivity contribution in [3.05, 3.63) is 75.2 Å². The predicted octanol–water partition coefficient (Wildman–Crippen LogP) is 4.92. The van der Waals surface area contributed by atoms with E-state index in [0.717, 1.165) is 17.8 Å². The molecule has 3 aromatic rings. The van der Waals surface area contributed by atoms with Crippen LogP contribution in [0.5, 0.6) is 0 Å². The molecule has 0 amide bonds. The van der Waals surface area contributed by atoms with Gasteiger partial charge in [-0.2, -0.15) is 4.31 Å². The van der Waals surface area contributed by atoms with Crippen molar-refractivity contribution in [2.24, 2.45) is 11.8 Å². The number of aryl methyl sites for hydroxylation is 1. The Bertz CT molecular complexity index is 1330. The van der Waals surface area contributed by atoms with Crippen LogP contribution in [-0.2, 0) is 21.3 Å². The molecule has 7 nitrogen and oxygen atoms in total. The average molecular weight is 529 g/mol. The SMILES string of the molecule is Cc1cc(C(=O)COC(=O)c2ccc(S(=O)(=O)N3C[C@H](C)C[C@H](C)C3)cc2)c(C)n1Cc1cccs1. The highest BCUT2D eigenvalue weighted by Crippen LogP contribution is 2.27. The van der Waals surface area contributed by atoms with Crippen LogP contribution in [0.15, 0.2) is 52.7 Å². The number of aromatic nitrogens is 1. The Morgan fingerprint density at radius 1 is 1.06 bits per heavy atom. The maximum atomic E-state index is 13.1. The summed E-state index contributed by atoms with van der Waals surface area (Å²) in [6.45, 7) is 9.24. The fourth-order valence-electron chi connectivity index (χ4n) is 4.89. The molecule has 36 heavy (non-hydrogen) atoms. The normalized spacial score (nSPS) is 18.8. The lowest BCUT2D eigenvalue weighted by molar-refractivity contribution is 0.0474. The highest BCUT2D eigenvalue weighted by molar-refractivity contribution is 7.89. The van der Waals surface area contributed by atoms with Crippen LogP contribution < -0.4 is 0 Å².